The molecule has 0 saturated carbocycles. The van der Waals surface area contributed by atoms with Crippen LogP contribution in [0.4, 0.5) is 0 Å². The normalized spacial score (nSPS) is 17.6. The van der Waals surface area contributed by atoms with Crippen LogP contribution in [-0.4, -0.2) is 67.5 Å². The van der Waals surface area contributed by atoms with Gasteiger partial charge in [-0.15, -0.1) is 0 Å². The first-order chi connectivity index (χ1) is 16.5. The van der Waals surface area contributed by atoms with Gasteiger partial charge in [0.25, 0.3) is 11.7 Å². The van der Waals surface area contributed by atoms with Gasteiger partial charge in [0.05, 0.1) is 34.8 Å². The number of aromatic nitrogens is 3. The fourth-order valence-electron chi connectivity index (χ4n) is 4.41. The van der Waals surface area contributed by atoms with E-state index < -0.39 is 17.7 Å². The minimum absolute atomic E-state index is 0.0754. The maximum absolute atomic E-state index is 13.2. The van der Waals surface area contributed by atoms with Crippen LogP contribution in [0.5, 0.6) is 0 Å². The maximum Gasteiger partial charge on any atom is 0.295 e. The molecule has 3 heterocycles. The molecule has 8 nitrogen and oxygen atoms in total. The number of nitrogens with zero attached hydrogens (tertiary/aromatic N) is 5. The fraction of sp³-hybridized carbons (Fsp3) is 0.308. The van der Waals surface area contributed by atoms with Gasteiger partial charge in [0.2, 0.25) is 0 Å². The summed E-state index contributed by atoms with van der Waals surface area (Å²) in [6, 6.07) is 12.4. The Morgan fingerprint density at radius 2 is 1.74 bits per heavy atom. The smallest absolute Gasteiger partial charge is 0.295 e. The Morgan fingerprint density at radius 1 is 1.06 bits per heavy atom. The zero-order valence-corrected chi connectivity index (χ0v) is 19.7. The number of amides is 1. The van der Waals surface area contributed by atoms with Crippen molar-refractivity contribution in [1.82, 2.24) is 24.6 Å². The number of para-hydroxylation sites is 1. The second-order valence-corrected chi connectivity index (χ2v) is 8.19. The van der Waals surface area contributed by atoms with E-state index in [1.807, 2.05) is 37.3 Å². The number of carbonyl (C=O) groups excluding carboxylic acids is 2. The average Bonchev–Trinajstić information content (AvgIpc) is 3.38. The third-order valence-electron chi connectivity index (χ3n) is 6.38. The van der Waals surface area contributed by atoms with Gasteiger partial charge in [-0.3, -0.25) is 14.6 Å². The molecule has 1 N–H and O–H groups in total. The van der Waals surface area contributed by atoms with Gasteiger partial charge in [-0.05, 0) is 49.8 Å². The van der Waals surface area contributed by atoms with E-state index in [1.165, 1.54) is 6.20 Å². The number of pyridine rings is 1. The summed E-state index contributed by atoms with van der Waals surface area (Å²) in [5.74, 6) is -1.51. The number of hydrogen-bond acceptors (Lipinski definition) is 6. The number of hydrogen-bond donors (Lipinski definition) is 1. The van der Waals surface area contributed by atoms with E-state index in [1.54, 1.807) is 34.1 Å². The Balaban J connectivity index is 1.79. The van der Waals surface area contributed by atoms with Gasteiger partial charge in [-0.1, -0.05) is 32.0 Å². The van der Waals surface area contributed by atoms with Gasteiger partial charge in [0, 0.05) is 25.5 Å². The second kappa shape index (κ2) is 10.0. The van der Waals surface area contributed by atoms with E-state index in [9.17, 15) is 14.7 Å². The molecule has 1 saturated heterocycles. The van der Waals surface area contributed by atoms with Crippen LogP contribution in [0.15, 0.2) is 66.6 Å². The highest BCUT2D eigenvalue weighted by Gasteiger charge is 2.46. The number of benzene rings is 1. The lowest BCUT2D eigenvalue weighted by Crippen LogP contribution is -2.38. The highest BCUT2D eigenvalue weighted by atomic mass is 16.3. The zero-order chi connectivity index (χ0) is 24.2. The minimum atomic E-state index is -0.696. The first-order valence-corrected chi connectivity index (χ1v) is 11.5. The van der Waals surface area contributed by atoms with E-state index in [0.29, 0.717) is 24.3 Å². The van der Waals surface area contributed by atoms with Gasteiger partial charge in [-0.25, -0.2) is 4.68 Å². The van der Waals surface area contributed by atoms with Gasteiger partial charge < -0.3 is 14.9 Å². The Bertz CT molecular complexity index is 1200. The van der Waals surface area contributed by atoms with Crippen LogP contribution in [0, 0.1) is 6.92 Å². The molecule has 1 aliphatic heterocycles. The maximum atomic E-state index is 13.2. The van der Waals surface area contributed by atoms with E-state index in [0.717, 1.165) is 24.3 Å². The van der Waals surface area contributed by atoms with E-state index in [-0.39, 0.29) is 11.3 Å². The van der Waals surface area contributed by atoms with Crippen LogP contribution in [0.1, 0.15) is 36.7 Å². The monoisotopic (exact) mass is 459 g/mol. The summed E-state index contributed by atoms with van der Waals surface area (Å²) in [5.41, 5.74) is 2.73. The van der Waals surface area contributed by atoms with Crippen molar-refractivity contribution in [1.29, 1.82) is 0 Å². The number of aliphatic hydroxyl groups is 1. The summed E-state index contributed by atoms with van der Waals surface area (Å²) < 4.78 is 1.70. The molecule has 0 spiro atoms. The Morgan fingerprint density at radius 3 is 2.38 bits per heavy atom. The lowest BCUT2D eigenvalue weighted by molar-refractivity contribution is -0.140. The molecule has 0 radical (unpaired) electrons. The van der Waals surface area contributed by atoms with Crippen LogP contribution in [0.25, 0.3) is 11.4 Å². The third kappa shape index (κ3) is 4.24. The second-order valence-electron chi connectivity index (χ2n) is 8.19. The largest absolute Gasteiger partial charge is 0.507 e. The molecule has 0 aliphatic carbocycles. The Kier molecular flexibility index (Phi) is 6.88. The molecule has 34 heavy (non-hydrogen) atoms. The molecule has 1 fully saturated rings. The highest BCUT2D eigenvalue weighted by Crippen LogP contribution is 2.39. The van der Waals surface area contributed by atoms with Crippen molar-refractivity contribution in [2.45, 2.75) is 26.8 Å². The number of likely N-dealkylation sites (N-methyl/N-ethyl adjacent to an activating group) is 1. The van der Waals surface area contributed by atoms with Gasteiger partial charge in [0.15, 0.2) is 0 Å². The molecule has 1 atom stereocenters. The van der Waals surface area contributed by atoms with Crippen LogP contribution in [0.3, 0.4) is 0 Å². The van der Waals surface area contributed by atoms with Crippen molar-refractivity contribution < 1.29 is 14.7 Å². The van der Waals surface area contributed by atoms with Crippen molar-refractivity contribution in [3.05, 3.63) is 83.4 Å². The molecule has 1 aliphatic rings. The quantitative estimate of drug-likeness (QED) is 0.316. The van der Waals surface area contributed by atoms with Crippen molar-refractivity contribution in [3.8, 4) is 5.69 Å². The average molecular weight is 460 g/mol. The number of likely N-dealkylation sites (tertiary alicyclic amines) is 1. The summed E-state index contributed by atoms with van der Waals surface area (Å²) in [4.78, 5) is 34.1. The van der Waals surface area contributed by atoms with Gasteiger partial charge in [-0.2, -0.15) is 5.10 Å². The van der Waals surface area contributed by atoms with Gasteiger partial charge in [0.1, 0.15) is 5.76 Å². The Hall–Kier alpha value is -3.78. The van der Waals surface area contributed by atoms with Crippen LogP contribution < -0.4 is 0 Å². The molecule has 176 valence electrons. The molecular weight excluding hydrogens is 430 g/mol. The SMILES string of the molecule is CCN(CC)CCN1C(=O)C(=O)C(=C(O)c2cnn(-c3ccccc3)c2C)[C@@H]1c1ccncc1. The van der Waals surface area contributed by atoms with Crippen LogP contribution >= 0.6 is 0 Å². The first kappa shape index (κ1) is 23.4. The summed E-state index contributed by atoms with van der Waals surface area (Å²) >= 11 is 0. The Labute approximate surface area is 199 Å². The molecule has 3 aromatic rings. The molecule has 1 amide bonds. The molecule has 0 unspecified atom stereocenters. The van der Waals surface area contributed by atoms with Crippen molar-refractivity contribution >= 4 is 17.4 Å². The lowest BCUT2D eigenvalue weighted by Gasteiger charge is -2.28. The number of aliphatic hydroxyl groups excluding tert-OH is 1. The van der Waals surface area contributed by atoms with Crippen LogP contribution in [-0.2, 0) is 9.59 Å². The fourth-order valence-corrected chi connectivity index (χ4v) is 4.41. The number of rotatable bonds is 8. The van der Waals surface area contributed by atoms with Crippen molar-refractivity contribution in [2.75, 3.05) is 26.2 Å². The lowest BCUT2D eigenvalue weighted by atomic mass is 9.96. The molecule has 8 heteroatoms. The number of ketones is 1. The number of carbonyl (C=O) groups is 2. The summed E-state index contributed by atoms with van der Waals surface area (Å²) in [5, 5.41) is 15.8. The third-order valence-corrected chi connectivity index (χ3v) is 6.38. The predicted molar refractivity (Wildman–Crippen MR) is 129 cm³/mol. The minimum Gasteiger partial charge on any atom is -0.507 e. The standard InChI is InChI=1S/C26H29N5O3/c1-4-29(5-2)15-16-30-23(19-11-13-27-14-12-19)22(25(33)26(30)34)24(32)21-17-28-31(18(21)3)20-9-7-6-8-10-20/h6-14,17,23,32H,4-5,15-16H2,1-3H3/t23-/m0/s1. The predicted octanol–water partition coefficient (Wildman–Crippen LogP) is 3.34. The summed E-state index contributed by atoms with van der Waals surface area (Å²) in [6.07, 6.45) is 4.78. The van der Waals surface area contributed by atoms with Crippen molar-refractivity contribution in [3.63, 3.8) is 0 Å². The molecule has 1 aromatic carbocycles. The van der Waals surface area contributed by atoms with E-state index in [2.05, 4.69) is 28.8 Å². The molecule has 2 aromatic heterocycles. The highest BCUT2D eigenvalue weighted by molar-refractivity contribution is 6.46. The number of Topliss-reactive ketones (excluding diaryl/α,β-unsaturated/α-hetero) is 1. The summed E-state index contributed by atoms with van der Waals surface area (Å²) in [6.45, 7) is 8.64. The van der Waals surface area contributed by atoms with Crippen LogP contribution in [0.2, 0.25) is 0 Å². The molecular formula is C26H29N5O3. The topological polar surface area (TPSA) is 91.6 Å². The summed E-state index contributed by atoms with van der Waals surface area (Å²) in [7, 11) is 0. The van der Waals surface area contributed by atoms with E-state index >= 15 is 0 Å². The first-order valence-electron chi connectivity index (χ1n) is 11.5. The van der Waals surface area contributed by atoms with E-state index in [4.69, 9.17) is 0 Å². The van der Waals surface area contributed by atoms with Crippen molar-refractivity contribution in [2.24, 2.45) is 0 Å². The molecule has 4 rings (SSSR count). The zero-order valence-electron chi connectivity index (χ0n) is 19.7. The molecule has 0 bridgehead atoms. The van der Waals surface area contributed by atoms with Gasteiger partial charge >= 0.3 is 0 Å².